The summed E-state index contributed by atoms with van der Waals surface area (Å²) in [5, 5.41) is 0. The van der Waals surface area contributed by atoms with E-state index in [1.54, 1.807) is 0 Å². The molecule has 31 heavy (non-hydrogen) atoms. The molecule has 1 aliphatic rings. The van der Waals surface area contributed by atoms with Gasteiger partial charge in [-0.1, -0.05) is 78.6 Å². The second kappa shape index (κ2) is 9.51. The summed E-state index contributed by atoms with van der Waals surface area (Å²) < 4.78 is 17.0. The summed E-state index contributed by atoms with van der Waals surface area (Å²) in [5.41, 5.74) is 4.91. The molecule has 4 nitrogen and oxygen atoms in total. The predicted molar refractivity (Wildman–Crippen MR) is 118 cm³/mol. The van der Waals surface area contributed by atoms with Crippen LogP contribution in [0.1, 0.15) is 46.4 Å². The van der Waals surface area contributed by atoms with Crippen LogP contribution in [0, 0.1) is 18.8 Å². The highest BCUT2D eigenvalue weighted by atomic mass is 16.5. The number of aryl methyl sites for hydroxylation is 1. The van der Waals surface area contributed by atoms with Gasteiger partial charge in [-0.15, -0.1) is 0 Å². The molecule has 4 rings (SSSR count). The van der Waals surface area contributed by atoms with E-state index < -0.39 is 6.10 Å². The standard InChI is InChI=1S/C27H24O4/c1-19-9-8-12-21(27(19)30-18-20-10-4-3-5-11-20)15-16-24-22-13-6-7-14-23(22)25(31-24)17-26(28)29-2/h3-14,24-25H,17-18H2,1-2H3. The van der Waals surface area contributed by atoms with Gasteiger partial charge >= 0.3 is 5.97 Å². The van der Waals surface area contributed by atoms with Crippen LogP contribution in [-0.4, -0.2) is 13.1 Å². The topological polar surface area (TPSA) is 44.8 Å². The van der Waals surface area contributed by atoms with Crippen molar-refractivity contribution in [1.29, 1.82) is 0 Å². The van der Waals surface area contributed by atoms with Crippen molar-refractivity contribution in [3.8, 4) is 17.6 Å². The molecule has 156 valence electrons. The molecule has 3 aromatic rings. The molecule has 0 saturated heterocycles. The van der Waals surface area contributed by atoms with Gasteiger partial charge in [0.2, 0.25) is 0 Å². The Morgan fingerprint density at radius 2 is 1.71 bits per heavy atom. The summed E-state index contributed by atoms with van der Waals surface area (Å²) in [6.45, 7) is 2.49. The van der Waals surface area contributed by atoms with E-state index >= 15 is 0 Å². The maximum atomic E-state index is 11.8. The lowest BCUT2D eigenvalue weighted by molar-refractivity contribution is -0.144. The van der Waals surface area contributed by atoms with Crippen LogP contribution in [0.2, 0.25) is 0 Å². The first-order valence-corrected chi connectivity index (χ1v) is 10.2. The van der Waals surface area contributed by atoms with E-state index in [2.05, 4.69) is 11.8 Å². The molecule has 0 fully saturated rings. The Labute approximate surface area is 182 Å². The van der Waals surface area contributed by atoms with Gasteiger partial charge in [-0.3, -0.25) is 4.79 Å². The zero-order valence-electron chi connectivity index (χ0n) is 17.6. The van der Waals surface area contributed by atoms with Crippen molar-refractivity contribution in [3.05, 3.63) is 101 Å². The number of hydrogen-bond donors (Lipinski definition) is 0. The average molecular weight is 412 g/mol. The van der Waals surface area contributed by atoms with Crippen LogP contribution in [0.3, 0.4) is 0 Å². The maximum Gasteiger partial charge on any atom is 0.308 e. The van der Waals surface area contributed by atoms with Crippen LogP contribution in [-0.2, 0) is 20.9 Å². The molecule has 3 aromatic carbocycles. The molecule has 0 N–H and O–H groups in total. The highest BCUT2D eigenvalue weighted by Gasteiger charge is 2.32. The Balaban J connectivity index is 1.57. The third-order valence-corrected chi connectivity index (χ3v) is 5.28. The lowest BCUT2D eigenvalue weighted by atomic mass is 10.0. The van der Waals surface area contributed by atoms with Crippen LogP contribution < -0.4 is 4.74 Å². The molecule has 2 unspecified atom stereocenters. The van der Waals surface area contributed by atoms with Gasteiger partial charge in [-0.05, 0) is 35.2 Å². The number of carbonyl (C=O) groups excluding carboxylic acids is 1. The number of ether oxygens (including phenoxy) is 3. The number of para-hydroxylation sites is 1. The fourth-order valence-corrected chi connectivity index (χ4v) is 3.67. The van der Waals surface area contributed by atoms with E-state index in [-0.39, 0.29) is 18.5 Å². The van der Waals surface area contributed by atoms with Crippen LogP contribution in [0.25, 0.3) is 0 Å². The molecule has 0 spiro atoms. The highest BCUT2D eigenvalue weighted by molar-refractivity contribution is 5.70. The number of hydrogen-bond acceptors (Lipinski definition) is 4. The van der Waals surface area contributed by atoms with E-state index in [9.17, 15) is 4.79 Å². The molecule has 0 radical (unpaired) electrons. The number of fused-ring (bicyclic) bond motifs is 1. The minimum absolute atomic E-state index is 0.168. The molecule has 0 aromatic heterocycles. The van der Waals surface area contributed by atoms with Crippen molar-refractivity contribution in [2.24, 2.45) is 0 Å². The summed E-state index contributed by atoms with van der Waals surface area (Å²) >= 11 is 0. The third-order valence-electron chi connectivity index (χ3n) is 5.28. The molecular formula is C27H24O4. The Morgan fingerprint density at radius 1 is 0.968 bits per heavy atom. The number of rotatable bonds is 5. The Bertz CT molecular complexity index is 1120. The van der Waals surface area contributed by atoms with Crippen LogP contribution in [0.5, 0.6) is 5.75 Å². The van der Waals surface area contributed by atoms with Gasteiger partial charge in [0.1, 0.15) is 18.5 Å². The van der Waals surface area contributed by atoms with Gasteiger partial charge in [-0.25, -0.2) is 0 Å². The molecule has 0 amide bonds. The van der Waals surface area contributed by atoms with Crippen molar-refractivity contribution < 1.29 is 19.0 Å². The highest BCUT2D eigenvalue weighted by Crippen LogP contribution is 2.40. The first-order valence-electron chi connectivity index (χ1n) is 10.2. The first-order chi connectivity index (χ1) is 15.2. The van der Waals surface area contributed by atoms with Crippen molar-refractivity contribution >= 4 is 5.97 Å². The monoisotopic (exact) mass is 412 g/mol. The molecule has 0 aliphatic carbocycles. The van der Waals surface area contributed by atoms with Crippen LogP contribution >= 0.6 is 0 Å². The van der Waals surface area contributed by atoms with E-state index in [0.29, 0.717) is 6.61 Å². The fourth-order valence-electron chi connectivity index (χ4n) is 3.67. The summed E-state index contributed by atoms with van der Waals surface area (Å²) in [6.07, 6.45) is -0.593. The molecule has 1 aliphatic heterocycles. The van der Waals surface area contributed by atoms with Gasteiger partial charge in [0.25, 0.3) is 0 Å². The summed E-state index contributed by atoms with van der Waals surface area (Å²) in [4.78, 5) is 11.8. The largest absolute Gasteiger partial charge is 0.487 e. The Kier molecular flexibility index (Phi) is 6.35. The van der Waals surface area contributed by atoms with E-state index in [1.807, 2.05) is 79.7 Å². The number of benzene rings is 3. The van der Waals surface area contributed by atoms with Gasteiger partial charge in [0.05, 0.1) is 25.2 Å². The second-order valence-electron chi connectivity index (χ2n) is 7.41. The molecule has 0 bridgehead atoms. The first kappa shape index (κ1) is 20.7. The second-order valence-corrected chi connectivity index (χ2v) is 7.41. The van der Waals surface area contributed by atoms with Gasteiger partial charge < -0.3 is 14.2 Å². The molecule has 0 saturated carbocycles. The Hall–Kier alpha value is -3.55. The number of methoxy groups -OCH3 is 1. The van der Waals surface area contributed by atoms with Crippen LogP contribution in [0.4, 0.5) is 0 Å². The van der Waals surface area contributed by atoms with Gasteiger partial charge in [0, 0.05) is 0 Å². The minimum atomic E-state index is -0.409. The van der Waals surface area contributed by atoms with Crippen LogP contribution in [0.15, 0.2) is 72.8 Å². The predicted octanol–water partition coefficient (Wildman–Crippen LogP) is 5.30. The molecule has 4 heteroatoms. The van der Waals surface area contributed by atoms with E-state index in [1.165, 1.54) is 7.11 Å². The van der Waals surface area contributed by atoms with Crippen molar-refractivity contribution in [1.82, 2.24) is 0 Å². The molecular weight excluding hydrogens is 388 g/mol. The number of esters is 1. The number of carbonyl (C=O) groups is 1. The lowest BCUT2D eigenvalue weighted by Gasteiger charge is -2.12. The van der Waals surface area contributed by atoms with Gasteiger partial charge in [0.15, 0.2) is 0 Å². The van der Waals surface area contributed by atoms with E-state index in [0.717, 1.165) is 33.6 Å². The quantitative estimate of drug-likeness (QED) is 0.421. The zero-order valence-corrected chi connectivity index (χ0v) is 17.6. The smallest absolute Gasteiger partial charge is 0.308 e. The zero-order chi connectivity index (χ0) is 21.6. The minimum Gasteiger partial charge on any atom is -0.487 e. The van der Waals surface area contributed by atoms with Gasteiger partial charge in [-0.2, -0.15) is 0 Å². The molecule has 1 heterocycles. The van der Waals surface area contributed by atoms with E-state index in [4.69, 9.17) is 14.2 Å². The van der Waals surface area contributed by atoms with Crippen molar-refractivity contribution in [2.45, 2.75) is 32.2 Å². The summed E-state index contributed by atoms with van der Waals surface area (Å²) in [5.74, 6) is 6.95. The normalized spacial score (nSPS) is 16.7. The summed E-state index contributed by atoms with van der Waals surface area (Å²) in [7, 11) is 1.38. The average Bonchev–Trinajstić information content (AvgIpc) is 3.15. The summed E-state index contributed by atoms with van der Waals surface area (Å²) in [6, 6.07) is 23.9. The third kappa shape index (κ3) is 4.79. The molecule has 2 atom stereocenters. The van der Waals surface area contributed by atoms with Crippen molar-refractivity contribution in [3.63, 3.8) is 0 Å². The Morgan fingerprint density at radius 3 is 2.48 bits per heavy atom. The SMILES string of the molecule is COC(=O)CC1OC(C#Cc2cccc(C)c2OCc2ccccc2)c2ccccc21. The lowest BCUT2D eigenvalue weighted by Crippen LogP contribution is -2.08. The maximum absolute atomic E-state index is 11.8. The van der Waals surface area contributed by atoms with Crippen molar-refractivity contribution in [2.75, 3.05) is 7.11 Å². The fraction of sp³-hybridized carbons (Fsp3) is 0.222.